The first-order chi connectivity index (χ1) is 16.1. The first kappa shape index (κ1) is 22.5. The quantitative estimate of drug-likeness (QED) is 0.319. The highest BCUT2D eigenvalue weighted by molar-refractivity contribution is 7.21. The molecule has 9 heteroatoms. The number of likely N-dealkylation sites (N-methyl/N-ethyl adjacent to an activating group) is 1. The fourth-order valence-corrected chi connectivity index (χ4v) is 5.78. The maximum atomic E-state index is 6.60. The van der Waals surface area contributed by atoms with Crippen molar-refractivity contribution in [2.24, 2.45) is 10.2 Å². The largest absolute Gasteiger partial charge is 0.497 e. The number of halogens is 1. The lowest BCUT2D eigenvalue weighted by atomic mass is 10.1. The molecule has 0 radical (unpaired) electrons. The summed E-state index contributed by atoms with van der Waals surface area (Å²) in [6.07, 6.45) is 0. The summed E-state index contributed by atoms with van der Waals surface area (Å²) in [4.78, 5) is 9.55. The van der Waals surface area contributed by atoms with Crippen LogP contribution in [0.5, 0.6) is 5.75 Å². The van der Waals surface area contributed by atoms with Crippen LogP contribution in [-0.4, -0.2) is 80.4 Å². The Balaban J connectivity index is 1.27. The summed E-state index contributed by atoms with van der Waals surface area (Å²) >= 11 is 8.10. The highest BCUT2D eigenvalue weighted by Gasteiger charge is 2.38. The van der Waals surface area contributed by atoms with Crippen LogP contribution in [0.15, 0.2) is 46.6 Å². The number of aromatic nitrogens is 1. The van der Waals surface area contributed by atoms with Gasteiger partial charge in [-0.25, -0.2) is 4.98 Å². The van der Waals surface area contributed by atoms with Crippen molar-refractivity contribution >= 4 is 49.7 Å². The van der Waals surface area contributed by atoms with Gasteiger partial charge in [-0.05, 0) is 37.3 Å². The van der Waals surface area contributed by atoms with Gasteiger partial charge in [0.1, 0.15) is 11.4 Å². The third kappa shape index (κ3) is 4.84. The summed E-state index contributed by atoms with van der Waals surface area (Å²) in [7, 11) is 1.65. The lowest BCUT2D eigenvalue weighted by molar-refractivity contribution is -0.939. The maximum Gasteiger partial charge on any atom is 0.231 e. The molecule has 3 aromatic rings. The molecule has 6 rings (SSSR count). The molecular formula is C24H30ClN6OS+. The molecule has 0 saturated carbocycles. The lowest BCUT2D eigenvalue weighted by Gasteiger charge is -2.51. The standard InChI is InChI=1S/C24H30ClN6OS/c1-3-30(11-15-31-12-8-29(9-13-31)10-14-31)18-4-6-21(20(25)16-18)27-28-24-26-22-17-19(32-2)5-7-23(22)33-24/h4-7,16-17H,3,8-15H2,1-2H3/q+1/b28-27+. The summed E-state index contributed by atoms with van der Waals surface area (Å²) in [6, 6.07) is 11.9. The van der Waals surface area contributed by atoms with E-state index in [1.54, 1.807) is 7.11 Å². The molecule has 0 unspecified atom stereocenters. The van der Waals surface area contributed by atoms with Crippen molar-refractivity contribution < 1.29 is 9.22 Å². The smallest absolute Gasteiger partial charge is 0.231 e. The highest BCUT2D eigenvalue weighted by Crippen LogP contribution is 2.34. The number of ether oxygens (including phenoxy) is 1. The number of rotatable bonds is 8. The van der Waals surface area contributed by atoms with E-state index in [2.05, 4.69) is 38.0 Å². The molecule has 2 bridgehead atoms. The van der Waals surface area contributed by atoms with Gasteiger partial charge in [0.15, 0.2) is 0 Å². The van der Waals surface area contributed by atoms with E-state index in [1.165, 1.54) is 61.6 Å². The molecule has 3 aliphatic heterocycles. The van der Waals surface area contributed by atoms with E-state index in [0.717, 1.165) is 34.7 Å². The van der Waals surface area contributed by atoms with Gasteiger partial charge in [0.25, 0.3) is 0 Å². The zero-order valence-electron chi connectivity index (χ0n) is 19.2. The molecule has 33 heavy (non-hydrogen) atoms. The topological polar surface area (TPSA) is 53.3 Å². The molecule has 0 amide bonds. The minimum absolute atomic E-state index is 0.601. The SMILES string of the molecule is CCN(CC[N+]12CCN(CC1)CC2)c1ccc(/N=N/c2nc3cc(OC)ccc3s2)c(Cl)c1. The number of quaternary nitrogens is 1. The Morgan fingerprint density at radius 2 is 1.91 bits per heavy atom. The molecular weight excluding hydrogens is 456 g/mol. The van der Waals surface area contributed by atoms with Crippen LogP contribution in [0.4, 0.5) is 16.5 Å². The number of thiazole rings is 1. The van der Waals surface area contributed by atoms with Gasteiger partial charge in [0.2, 0.25) is 5.13 Å². The number of methoxy groups -OCH3 is 1. The van der Waals surface area contributed by atoms with Crippen molar-refractivity contribution in [1.29, 1.82) is 0 Å². The number of hydrogen-bond donors (Lipinski definition) is 0. The third-order valence-corrected chi connectivity index (χ3v) is 8.24. The Hall–Kier alpha value is -2.26. The second-order valence-electron chi connectivity index (χ2n) is 8.82. The van der Waals surface area contributed by atoms with Crippen LogP contribution in [-0.2, 0) is 0 Å². The Kier molecular flexibility index (Phi) is 6.51. The first-order valence-corrected chi connectivity index (χ1v) is 12.8. The van der Waals surface area contributed by atoms with Crippen LogP contribution in [0.1, 0.15) is 6.92 Å². The number of fused-ring (bicyclic) bond motifs is 4. The molecule has 0 spiro atoms. The third-order valence-electron chi connectivity index (χ3n) is 7.02. The number of benzene rings is 2. The van der Waals surface area contributed by atoms with Crippen LogP contribution in [0.2, 0.25) is 5.02 Å². The number of piperazine rings is 3. The van der Waals surface area contributed by atoms with Crippen molar-refractivity contribution in [3.63, 3.8) is 0 Å². The number of hydrogen-bond acceptors (Lipinski definition) is 7. The van der Waals surface area contributed by atoms with Gasteiger partial charge in [0.05, 0.1) is 55.1 Å². The zero-order chi connectivity index (χ0) is 22.8. The molecule has 2 aromatic carbocycles. The van der Waals surface area contributed by atoms with E-state index in [4.69, 9.17) is 16.3 Å². The molecule has 4 heterocycles. The van der Waals surface area contributed by atoms with Crippen molar-refractivity contribution in [2.45, 2.75) is 6.92 Å². The summed E-state index contributed by atoms with van der Waals surface area (Å²) in [5.74, 6) is 0.780. The second-order valence-corrected chi connectivity index (χ2v) is 10.2. The van der Waals surface area contributed by atoms with Gasteiger partial charge in [-0.15, -0.1) is 10.2 Å². The van der Waals surface area contributed by atoms with Crippen molar-refractivity contribution in [3.8, 4) is 5.75 Å². The summed E-state index contributed by atoms with van der Waals surface area (Å²) in [5, 5.41) is 9.92. The van der Waals surface area contributed by atoms with Crippen LogP contribution >= 0.6 is 22.9 Å². The monoisotopic (exact) mass is 485 g/mol. The van der Waals surface area contributed by atoms with Gasteiger partial charge in [-0.1, -0.05) is 22.9 Å². The molecule has 7 nitrogen and oxygen atoms in total. The van der Waals surface area contributed by atoms with Crippen molar-refractivity contribution in [1.82, 2.24) is 9.88 Å². The Bertz CT molecular complexity index is 1140. The molecule has 3 saturated heterocycles. The van der Waals surface area contributed by atoms with E-state index in [1.807, 2.05) is 30.3 Å². The highest BCUT2D eigenvalue weighted by atomic mass is 35.5. The zero-order valence-corrected chi connectivity index (χ0v) is 20.8. The fraction of sp³-hybridized carbons (Fsp3) is 0.458. The Morgan fingerprint density at radius 3 is 2.61 bits per heavy atom. The van der Waals surface area contributed by atoms with E-state index in [-0.39, 0.29) is 0 Å². The minimum atomic E-state index is 0.601. The van der Waals surface area contributed by atoms with Crippen molar-refractivity contribution in [3.05, 3.63) is 41.4 Å². The minimum Gasteiger partial charge on any atom is -0.497 e. The molecule has 0 atom stereocenters. The summed E-state index contributed by atoms with van der Waals surface area (Å²) in [5.41, 5.74) is 2.65. The summed E-state index contributed by atoms with van der Waals surface area (Å²) in [6.45, 7) is 13.0. The van der Waals surface area contributed by atoms with Crippen LogP contribution in [0.3, 0.4) is 0 Å². The van der Waals surface area contributed by atoms with E-state index in [0.29, 0.717) is 15.8 Å². The lowest BCUT2D eigenvalue weighted by Crippen LogP contribution is -2.68. The Morgan fingerprint density at radius 1 is 1.12 bits per heavy atom. The van der Waals surface area contributed by atoms with Gasteiger partial charge in [0, 0.05) is 37.9 Å². The Labute approximate surface area is 203 Å². The number of nitrogens with zero attached hydrogens (tertiary/aromatic N) is 6. The molecule has 3 fully saturated rings. The molecule has 0 N–H and O–H groups in total. The molecule has 1 aromatic heterocycles. The van der Waals surface area contributed by atoms with Crippen LogP contribution in [0, 0.1) is 0 Å². The molecule has 0 aliphatic carbocycles. The van der Waals surface area contributed by atoms with E-state index in [9.17, 15) is 0 Å². The van der Waals surface area contributed by atoms with Gasteiger partial charge in [-0.3, -0.25) is 4.90 Å². The maximum absolute atomic E-state index is 6.60. The average molecular weight is 486 g/mol. The van der Waals surface area contributed by atoms with Crippen LogP contribution in [0.25, 0.3) is 10.2 Å². The van der Waals surface area contributed by atoms with Gasteiger partial charge >= 0.3 is 0 Å². The number of azo groups is 1. The first-order valence-electron chi connectivity index (χ1n) is 11.6. The number of anilines is 1. The van der Waals surface area contributed by atoms with Crippen LogP contribution < -0.4 is 9.64 Å². The normalized spacial score (nSPS) is 22.3. The average Bonchev–Trinajstić information content (AvgIpc) is 3.27. The second kappa shape index (κ2) is 9.54. The van der Waals surface area contributed by atoms with E-state index < -0.39 is 0 Å². The van der Waals surface area contributed by atoms with Crippen molar-refractivity contribution in [2.75, 3.05) is 70.9 Å². The van der Waals surface area contributed by atoms with E-state index >= 15 is 0 Å². The fourth-order valence-electron chi connectivity index (χ4n) is 4.80. The van der Waals surface area contributed by atoms with Gasteiger partial charge < -0.3 is 14.1 Å². The molecule has 174 valence electrons. The summed E-state index contributed by atoms with van der Waals surface area (Å²) < 4.78 is 7.58. The molecule has 3 aliphatic rings. The predicted octanol–water partition coefficient (Wildman–Crippen LogP) is 5.35. The van der Waals surface area contributed by atoms with Gasteiger partial charge in [-0.2, -0.15) is 0 Å². The predicted molar refractivity (Wildman–Crippen MR) is 136 cm³/mol.